The standard InChI is InChI=1S/C21H41N5O.HI/c1-5-6-13-22-21(23-16-20(27)25(3)4)24-18-7-9-19(10-8-18)26-14-11-17(2)12-15-26;/h17-19H,5-16H2,1-4H3,(H2,22,23,24);1H. The Hall–Kier alpha value is -0.570. The van der Waals surface area contributed by atoms with Gasteiger partial charge < -0.3 is 20.4 Å². The van der Waals surface area contributed by atoms with Gasteiger partial charge in [0.15, 0.2) is 5.96 Å². The lowest BCUT2D eigenvalue weighted by Crippen LogP contribution is -2.49. The number of amides is 1. The zero-order valence-electron chi connectivity index (χ0n) is 18.4. The van der Waals surface area contributed by atoms with Gasteiger partial charge in [0.05, 0.1) is 0 Å². The number of nitrogens with one attached hydrogen (secondary N) is 2. The molecule has 0 bridgehead atoms. The van der Waals surface area contributed by atoms with E-state index in [2.05, 4.69) is 34.4 Å². The molecule has 0 aromatic heterocycles. The molecule has 7 heteroatoms. The van der Waals surface area contributed by atoms with Gasteiger partial charge in [0.2, 0.25) is 5.91 Å². The molecule has 1 aliphatic carbocycles. The van der Waals surface area contributed by atoms with Crippen molar-refractivity contribution in [2.24, 2.45) is 10.9 Å². The van der Waals surface area contributed by atoms with Crippen LogP contribution in [0.4, 0.5) is 0 Å². The lowest BCUT2D eigenvalue weighted by molar-refractivity contribution is -0.127. The predicted molar refractivity (Wildman–Crippen MR) is 128 cm³/mol. The van der Waals surface area contributed by atoms with Gasteiger partial charge in [-0.25, -0.2) is 4.99 Å². The van der Waals surface area contributed by atoms with Crippen LogP contribution in [0, 0.1) is 5.92 Å². The van der Waals surface area contributed by atoms with Crippen molar-refractivity contribution in [3.8, 4) is 0 Å². The maximum atomic E-state index is 11.9. The quantitative estimate of drug-likeness (QED) is 0.241. The number of carbonyl (C=O) groups excluding carboxylic acids is 1. The molecule has 0 atom stereocenters. The average molecular weight is 508 g/mol. The van der Waals surface area contributed by atoms with E-state index in [0.29, 0.717) is 6.04 Å². The van der Waals surface area contributed by atoms with Crippen molar-refractivity contribution in [1.82, 2.24) is 20.4 Å². The summed E-state index contributed by atoms with van der Waals surface area (Å²) in [5.41, 5.74) is 0. The largest absolute Gasteiger partial charge is 0.356 e. The van der Waals surface area contributed by atoms with E-state index >= 15 is 0 Å². The monoisotopic (exact) mass is 507 g/mol. The Morgan fingerprint density at radius 3 is 2.32 bits per heavy atom. The summed E-state index contributed by atoms with van der Waals surface area (Å²) in [6, 6.07) is 1.23. The van der Waals surface area contributed by atoms with Crippen molar-refractivity contribution < 1.29 is 4.79 Å². The summed E-state index contributed by atoms with van der Waals surface area (Å²) in [4.78, 5) is 20.7. The molecule has 2 N–H and O–H groups in total. The minimum Gasteiger partial charge on any atom is -0.356 e. The van der Waals surface area contributed by atoms with Crippen molar-refractivity contribution in [2.75, 3.05) is 40.3 Å². The Balaban J connectivity index is 0.00000392. The van der Waals surface area contributed by atoms with E-state index in [4.69, 9.17) is 0 Å². The number of likely N-dealkylation sites (N-methyl/N-ethyl adjacent to an activating group) is 1. The number of likely N-dealkylation sites (tertiary alicyclic amines) is 1. The van der Waals surface area contributed by atoms with Gasteiger partial charge in [-0.2, -0.15) is 0 Å². The second-order valence-electron chi connectivity index (χ2n) is 8.60. The molecule has 0 radical (unpaired) electrons. The predicted octanol–water partition coefficient (Wildman–Crippen LogP) is 3.07. The van der Waals surface area contributed by atoms with Crippen molar-refractivity contribution >= 4 is 35.8 Å². The van der Waals surface area contributed by atoms with Crippen LogP contribution in [0.15, 0.2) is 4.99 Å². The number of rotatable bonds is 7. The Morgan fingerprint density at radius 2 is 1.75 bits per heavy atom. The zero-order chi connectivity index (χ0) is 19.6. The number of piperidine rings is 1. The van der Waals surface area contributed by atoms with Gasteiger partial charge in [0.25, 0.3) is 0 Å². The molecule has 2 rings (SSSR count). The molecule has 0 unspecified atom stereocenters. The minimum atomic E-state index is 0. The molecule has 1 saturated heterocycles. The van der Waals surface area contributed by atoms with E-state index in [1.165, 1.54) is 51.6 Å². The number of nitrogens with zero attached hydrogens (tertiary/aromatic N) is 3. The van der Waals surface area contributed by atoms with E-state index in [9.17, 15) is 4.79 Å². The first-order valence-electron chi connectivity index (χ1n) is 11.0. The fourth-order valence-electron chi connectivity index (χ4n) is 4.00. The molecule has 0 aromatic rings. The third kappa shape index (κ3) is 8.84. The van der Waals surface area contributed by atoms with E-state index < -0.39 is 0 Å². The third-order valence-corrected chi connectivity index (χ3v) is 6.07. The highest BCUT2D eigenvalue weighted by atomic mass is 127. The molecule has 2 fully saturated rings. The van der Waals surface area contributed by atoms with Crippen LogP contribution in [0.2, 0.25) is 0 Å². The fourth-order valence-corrected chi connectivity index (χ4v) is 4.00. The number of unbranched alkanes of at least 4 members (excludes halogenated alkanes) is 1. The number of hydrogen-bond acceptors (Lipinski definition) is 3. The maximum Gasteiger partial charge on any atom is 0.243 e. The van der Waals surface area contributed by atoms with Crippen LogP contribution in [0.5, 0.6) is 0 Å². The topological polar surface area (TPSA) is 60.0 Å². The highest BCUT2D eigenvalue weighted by Crippen LogP contribution is 2.27. The van der Waals surface area contributed by atoms with Gasteiger partial charge >= 0.3 is 0 Å². The number of guanidine groups is 1. The van der Waals surface area contributed by atoms with E-state index in [1.807, 2.05) is 0 Å². The smallest absolute Gasteiger partial charge is 0.243 e. The molecular weight excluding hydrogens is 465 g/mol. The Morgan fingerprint density at radius 1 is 1.11 bits per heavy atom. The molecule has 6 nitrogen and oxygen atoms in total. The fraction of sp³-hybridized carbons (Fsp3) is 0.905. The summed E-state index contributed by atoms with van der Waals surface area (Å²) >= 11 is 0. The van der Waals surface area contributed by atoms with Gasteiger partial charge in [-0.15, -0.1) is 24.0 Å². The molecule has 28 heavy (non-hydrogen) atoms. The highest BCUT2D eigenvalue weighted by molar-refractivity contribution is 14.0. The summed E-state index contributed by atoms with van der Waals surface area (Å²) in [5.74, 6) is 1.74. The van der Waals surface area contributed by atoms with Gasteiger partial charge in [-0.3, -0.25) is 4.79 Å². The first-order chi connectivity index (χ1) is 13.0. The second kappa shape index (κ2) is 13.6. The van der Waals surface area contributed by atoms with Crippen molar-refractivity contribution in [2.45, 2.75) is 77.3 Å². The van der Waals surface area contributed by atoms with Gasteiger partial charge in [0, 0.05) is 32.7 Å². The van der Waals surface area contributed by atoms with Crippen LogP contribution < -0.4 is 10.6 Å². The molecule has 1 heterocycles. The van der Waals surface area contributed by atoms with Crippen LogP contribution in [0.3, 0.4) is 0 Å². The molecule has 1 saturated carbocycles. The highest BCUT2D eigenvalue weighted by Gasteiger charge is 2.28. The number of hydrogen-bond donors (Lipinski definition) is 2. The first kappa shape index (κ1) is 25.5. The normalized spacial score (nSPS) is 24.4. The SMILES string of the molecule is CCCCNC(=NCC(=O)N(C)C)NC1CCC(N2CCC(C)CC2)CC1.I. The van der Waals surface area contributed by atoms with E-state index in [0.717, 1.165) is 37.3 Å². The molecule has 1 amide bonds. The summed E-state index contributed by atoms with van der Waals surface area (Å²) in [5, 5.41) is 6.99. The zero-order valence-corrected chi connectivity index (χ0v) is 20.7. The van der Waals surface area contributed by atoms with Crippen LogP contribution in [-0.4, -0.2) is 74.0 Å². The minimum absolute atomic E-state index is 0. The van der Waals surface area contributed by atoms with Crippen molar-refractivity contribution in [3.63, 3.8) is 0 Å². The number of carbonyl (C=O) groups is 1. The van der Waals surface area contributed by atoms with Gasteiger partial charge in [0.1, 0.15) is 6.54 Å². The lowest BCUT2D eigenvalue weighted by atomic mass is 9.88. The van der Waals surface area contributed by atoms with Crippen molar-refractivity contribution in [3.05, 3.63) is 0 Å². The molecular formula is C21H42IN5O. The summed E-state index contributed by atoms with van der Waals surface area (Å²) < 4.78 is 0. The van der Waals surface area contributed by atoms with Crippen LogP contribution in [0.25, 0.3) is 0 Å². The Bertz CT molecular complexity index is 469. The Kier molecular flexibility index (Phi) is 12.4. The van der Waals surface area contributed by atoms with Crippen LogP contribution in [-0.2, 0) is 4.79 Å². The second-order valence-corrected chi connectivity index (χ2v) is 8.60. The first-order valence-corrected chi connectivity index (χ1v) is 11.0. The van der Waals surface area contributed by atoms with Crippen LogP contribution >= 0.6 is 24.0 Å². The molecule has 1 aliphatic heterocycles. The summed E-state index contributed by atoms with van der Waals surface area (Å²) in [7, 11) is 3.55. The van der Waals surface area contributed by atoms with E-state index in [1.54, 1.807) is 19.0 Å². The maximum absolute atomic E-state index is 11.9. The third-order valence-electron chi connectivity index (χ3n) is 6.07. The van der Waals surface area contributed by atoms with Gasteiger partial charge in [-0.1, -0.05) is 20.3 Å². The average Bonchev–Trinajstić information content (AvgIpc) is 2.67. The lowest BCUT2D eigenvalue weighted by Gasteiger charge is -2.40. The molecule has 2 aliphatic rings. The van der Waals surface area contributed by atoms with Crippen molar-refractivity contribution in [1.29, 1.82) is 0 Å². The summed E-state index contributed by atoms with van der Waals surface area (Å²) in [6.07, 6.45) is 9.89. The van der Waals surface area contributed by atoms with Gasteiger partial charge in [-0.05, 0) is 64.0 Å². The molecule has 0 spiro atoms. The van der Waals surface area contributed by atoms with E-state index in [-0.39, 0.29) is 36.4 Å². The molecule has 0 aromatic carbocycles. The Labute approximate surface area is 189 Å². The number of halogens is 1. The molecule has 164 valence electrons. The summed E-state index contributed by atoms with van der Waals surface area (Å²) in [6.45, 7) is 8.23. The number of aliphatic imine (C=N–C) groups is 1. The van der Waals surface area contributed by atoms with Crippen LogP contribution in [0.1, 0.15) is 65.2 Å².